The molecule has 0 aliphatic carbocycles. The maximum atomic E-state index is 12.4. The summed E-state index contributed by atoms with van der Waals surface area (Å²) in [5, 5.41) is 5.91. The lowest BCUT2D eigenvalue weighted by atomic mass is 10.1. The number of hydrogen-bond donors (Lipinski definition) is 2. The molecule has 136 valence electrons. The lowest BCUT2D eigenvalue weighted by molar-refractivity contribution is 0.0945. The number of nitrogens with zero attached hydrogens (tertiary/aromatic N) is 2. The van der Waals surface area contributed by atoms with Crippen molar-refractivity contribution in [1.29, 1.82) is 0 Å². The standard InChI is InChI=1S/C21H20N4O2/c1-14-11-19(20(27)22-13-16-7-4-3-5-8-16)25-21(23-14)24-18-10-6-9-17(12-18)15(2)26/h3-12H,13H2,1-2H3,(H,22,27)(H,23,24,25). The second-order valence-corrected chi connectivity index (χ2v) is 6.15. The highest BCUT2D eigenvalue weighted by Gasteiger charge is 2.11. The molecular formula is C21H20N4O2. The number of rotatable bonds is 6. The Kier molecular flexibility index (Phi) is 5.56. The number of ketones is 1. The minimum absolute atomic E-state index is 0.0233. The van der Waals surface area contributed by atoms with Crippen LogP contribution in [-0.4, -0.2) is 21.7 Å². The van der Waals surface area contributed by atoms with Gasteiger partial charge in [-0.15, -0.1) is 0 Å². The van der Waals surface area contributed by atoms with Gasteiger partial charge >= 0.3 is 0 Å². The lowest BCUT2D eigenvalue weighted by Gasteiger charge is -2.09. The third kappa shape index (κ3) is 4.98. The van der Waals surface area contributed by atoms with Crippen molar-refractivity contribution in [2.24, 2.45) is 0 Å². The van der Waals surface area contributed by atoms with Gasteiger partial charge in [0, 0.05) is 23.5 Å². The second-order valence-electron chi connectivity index (χ2n) is 6.15. The van der Waals surface area contributed by atoms with E-state index in [0.29, 0.717) is 29.4 Å². The van der Waals surface area contributed by atoms with E-state index in [1.165, 1.54) is 6.92 Å². The van der Waals surface area contributed by atoms with Gasteiger partial charge in [0.1, 0.15) is 5.69 Å². The predicted octanol–water partition coefficient (Wildman–Crippen LogP) is 3.66. The summed E-state index contributed by atoms with van der Waals surface area (Å²) in [5.74, 6) is 0.00948. The van der Waals surface area contributed by atoms with E-state index in [-0.39, 0.29) is 17.4 Å². The topological polar surface area (TPSA) is 84.0 Å². The summed E-state index contributed by atoms with van der Waals surface area (Å²) in [6, 6.07) is 18.4. The maximum Gasteiger partial charge on any atom is 0.270 e. The normalized spacial score (nSPS) is 10.3. The molecule has 3 rings (SSSR count). The summed E-state index contributed by atoms with van der Waals surface area (Å²) in [5.41, 5.74) is 3.23. The Labute approximate surface area is 157 Å². The molecule has 6 nitrogen and oxygen atoms in total. The molecule has 6 heteroatoms. The van der Waals surface area contributed by atoms with Gasteiger partial charge < -0.3 is 10.6 Å². The summed E-state index contributed by atoms with van der Waals surface area (Å²) in [6.45, 7) is 3.73. The van der Waals surface area contributed by atoms with Crippen LogP contribution in [0.25, 0.3) is 0 Å². The van der Waals surface area contributed by atoms with E-state index in [2.05, 4.69) is 20.6 Å². The minimum atomic E-state index is -0.273. The van der Waals surface area contributed by atoms with Gasteiger partial charge in [0.05, 0.1) is 0 Å². The number of aryl methyl sites for hydroxylation is 1. The summed E-state index contributed by atoms with van der Waals surface area (Å²) in [7, 11) is 0. The van der Waals surface area contributed by atoms with Gasteiger partial charge in [0.25, 0.3) is 5.91 Å². The number of Topliss-reactive ketones (excluding diaryl/α,β-unsaturated/α-hetero) is 1. The Bertz CT molecular complexity index is 971. The number of anilines is 2. The van der Waals surface area contributed by atoms with Crippen LogP contribution in [0.5, 0.6) is 0 Å². The number of amides is 1. The monoisotopic (exact) mass is 360 g/mol. The zero-order valence-corrected chi connectivity index (χ0v) is 15.2. The highest BCUT2D eigenvalue weighted by molar-refractivity contribution is 5.95. The molecule has 3 aromatic rings. The molecule has 0 radical (unpaired) electrons. The molecule has 0 fully saturated rings. The van der Waals surface area contributed by atoms with Crippen LogP contribution in [0.1, 0.15) is 39.0 Å². The SMILES string of the molecule is CC(=O)c1cccc(Nc2nc(C)cc(C(=O)NCc3ccccc3)n2)c1. The first-order chi connectivity index (χ1) is 13.0. The largest absolute Gasteiger partial charge is 0.347 e. The first-order valence-corrected chi connectivity index (χ1v) is 8.57. The van der Waals surface area contributed by atoms with Gasteiger partial charge in [-0.1, -0.05) is 42.5 Å². The highest BCUT2D eigenvalue weighted by Crippen LogP contribution is 2.16. The molecule has 27 heavy (non-hydrogen) atoms. The zero-order chi connectivity index (χ0) is 19.2. The van der Waals surface area contributed by atoms with E-state index in [1.807, 2.05) is 36.4 Å². The van der Waals surface area contributed by atoms with Crippen LogP contribution < -0.4 is 10.6 Å². The fourth-order valence-corrected chi connectivity index (χ4v) is 2.55. The van der Waals surface area contributed by atoms with Crippen molar-refractivity contribution in [3.05, 3.63) is 83.2 Å². The number of nitrogens with one attached hydrogen (secondary N) is 2. The van der Waals surface area contributed by atoms with E-state index >= 15 is 0 Å². The lowest BCUT2D eigenvalue weighted by Crippen LogP contribution is -2.24. The van der Waals surface area contributed by atoms with Crippen molar-refractivity contribution in [2.45, 2.75) is 20.4 Å². The number of aromatic nitrogens is 2. The summed E-state index contributed by atoms with van der Waals surface area (Å²) in [6.07, 6.45) is 0. The number of hydrogen-bond acceptors (Lipinski definition) is 5. The first-order valence-electron chi connectivity index (χ1n) is 8.57. The molecule has 0 unspecified atom stereocenters. The molecule has 0 saturated heterocycles. The molecule has 0 atom stereocenters. The highest BCUT2D eigenvalue weighted by atomic mass is 16.1. The molecule has 1 aromatic heterocycles. The van der Waals surface area contributed by atoms with Crippen LogP contribution in [0.4, 0.5) is 11.6 Å². The minimum Gasteiger partial charge on any atom is -0.347 e. The van der Waals surface area contributed by atoms with E-state index < -0.39 is 0 Å². The van der Waals surface area contributed by atoms with E-state index in [0.717, 1.165) is 5.56 Å². The van der Waals surface area contributed by atoms with Gasteiger partial charge in [-0.05, 0) is 37.6 Å². The van der Waals surface area contributed by atoms with Gasteiger partial charge in [0.15, 0.2) is 5.78 Å². The third-order valence-electron chi connectivity index (χ3n) is 3.91. The van der Waals surface area contributed by atoms with Crippen LogP contribution >= 0.6 is 0 Å². The quantitative estimate of drug-likeness (QED) is 0.656. The molecular weight excluding hydrogens is 340 g/mol. The van der Waals surface area contributed by atoms with E-state index in [9.17, 15) is 9.59 Å². The van der Waals surface area contributed by atoms with Gasteiger partial charge in [-0.3, -0.25) is 9.59 Å². The van der Waals surface area contributed by atoms with Crippen molar-refractivity contribution in [3.63, 3.8) is 0 Å². The van der Waals surface area contributed by atoms with Crippen LogP contribution in [0.2, 0.25) is 0 Å². The number of carbonyl (C=O) groups is 2. The Morgan fingerprint density at radius 2 is 1.74 bits per heavy atom. The Morgan fingerprint density at radius 1 is 0.963 bits per heavy atom. The molecule has 2 N–H and O–H groups in total. The molecule has 0 aliphatic heterocycles. The summed E-state index contributed by atoms with van der Waals surface area (Å²) >= 11 is 0. The maximum absolute atomic E-state index is 12.4. The Morgan fingerprint density at radius 3 is 2.48 bits per heavy atom. The third-order valence-corrected chi connectivity index (χ3v) is 3.91. The smallest absolute Gasteiger partial charge is 0.270 e. The number of benzene rings is 2. The van der Waals surface area contributed by atoms with Crippen molar-refractivity contribution >= 4 is 23.3 Å². The molecule has 0 bridgehead atoms. The van der Waals surface area contributed by atoms with Crippen molar-refractivity contribution in [2.75, 3.05) is 5.32 Å². The van der Waals surface area contributed by atoms with Crippen molar-refractivity contribution in [1.82, 2.24) is 15.3 Å². The van der Waals surface area contributed by atoms with Gasteiger partial charge in [0.2, 0.25) is 5.95 Å². The van der Waals surface area contributed by atoms with Crippen LogP contribution in [-0.2, 0) is 6.54 Å². The summed E-state index contributed by atoms with van der Waals surface area (Å²) < 4.78 is 0. The zero-order valence-electron chi connectivity index (χ0n) is 15.2. The fraction of sp³-hybridized carbons (Fsp3) is 0.143. The average Bonchev–Trinajstić information content (AvgIpc) is 2.66. The van der Waals surface area contributed by atoms with Gasteiger partial charge in [-0.2, -0.15) is 0 Å². The van der Waals surface area contributed by atoms with Gasteiger partial charge in [-0.25, -0.2) is 9.97 Å². The fourth-order valence-electron chi connectivity index (χ4n) is 2.55. The van der Waals surface area contributed by atoms with E-state index in [1.54, 1.807) is 31.2 Å². The van der Waals surface area contributed by atoms with Crippen molar-refractivity contribution in [3.8, 4) is 0 Å². The molecule has 1 heterocycles. The predicted molar refractivity (Wildman–Crippen MR) is 104 cm³/mol. The number of carbonyl (C=O) groups excluding carboxylic acids is 2. The van der Waals surface area contributed by atoms with Crippen molar-refractivity contribution < 1.29 is 9.59 Å². The molecule has 0 aliphatic rings. The molecule has 1 amide bonds. The molecule has 0 saturated carbocycles. The van der Waals surface area contributed by atoms with Crippen LogP contribution in [0.15, 0.2) is 60.7 Å². The van der Waals surface area contributed by atoms with E-state index in [4.69, 9.17) is 0 Å². The molecule has 2 aromatic carbocycles. The average molecular weight is 360 g/mol. The first kappa shape index (κ1) is 18.3. The Balaban J connectivity index is 1.74. The van der Waals surface area contributed by atoms with Crippen LogP contribution in [0, 0.1) is 6.92 Å². The Hall–Kier alpha value is -3.54. The molecule has 0 spiro atoms. The second kappa shape index (κ2) is 8.23. The van der Waals surface area contributed by atoms with Crippen LogP contribution in [0.3, 0.4) is 0 Å². The summed E-state index contributed by atoms with van der Waals surface area (Å²) in [4.78, 5) is 32.6.